The molecule has 2 aliphatic heterocycles. The first-order valence-electron chi connectivity index (χ1n) is 14.2. The van der Waals surface area contributed by atoms with E-state index in [2.05, 4.69) is 81.9 Å². The largest absolute Gasteiger partial charge is 0.507 e. The average molecular weight is 522 g/mol. The van der Waals surface area contributed by atoms with Crippen molar-refractivity contribution in [2.75, 3.05) is 7.05 Å². The number of aliphatic imine (C=N–C) groups is 1. The lowest BCUT2D eigenvalue weighted by atomic mass is 9.79. The van der Waals surface area contributed by atoms with Crippen LogP contribution in [0.2, 0.25) is 0 Å². The van der Waals surface area contributed by atoms with E-state index in [1.807, 2.05) is 32.1 Å². The van der Waals surface area contributed by atoms with Gasteiger partial charge in [-0.15, -0.1) is 10.2 Å². The molecule has 0 bridgehead atoms. The number of benzene rings is 1. The minimum absolute atomic E-state index is 0.0605. The van der Waals surface area contributed by atoms with Crippen molar-refractivity contribution in [3.63, 3.8) is 0 Å². The first-order valence-corrected chi connectivity index (χ1v) is 14.2. The standard InChI is InChI=1S/C28H41N5O.C4H10/c1-9-19-14-24(22-13-12-20(16-25(22)34)23(10-2)29-11-3)30-31-26(15-19)33(8)21-17-27(4,5)32-28(6,7)18-21;1-3-4-2/h10-14,16,21,32,34H,9,15,17-18H2,1-8H3;3-4H2,1-2H3/b23-10-,29-11?;. The molecule has 0 saturated carbocycles. The Morgan fingerprint density at radius 2 is 1.71 bits per heavy atom. The molecule has 2 aliphatic rings. The summed E-state index contributed by atoms with van der Waals surface area (Å²) in [5.74, 6) is 1.16. The molecule has 2 N–H and O–H groups in total. The fourth-order valence-electron chi connectivity index (χ4n) is 5.29. The first kappa shape index (κ1) is 31.5. The van der Waals surface area contributed by atoms with Gasteiger partial charge in [0, 0.05) is 47.9 Å². The number of phenols is 1. The van der Waals surface area contributed by atoms with Crippen molar-refractivity contribution in [1.29, 1.82) is 0 Å². The number of unbranched alkanes of at least 4 members (excludes halogenated alkanes) is 1. The number of nitrogens with one attached hydrogen (secondary N) is 1. The molecule has 6 heteroatoms. The zero-order valence-corrected chi connectivity index (χ0v) is 25.5. The molecule has 0 atom stereocenters. The third kappa shape index (κ3) is 8.65. The Labute approximate surface area is 231 Å². The van der Waals surface area contributed by atoms with E-state index in [4.69, 9.17) is 5.10 Å². The molecule has 6 nitrogen and oxygen atoms in total. The van der Waals surface area contributed by atoms with Crippen LogP contribution in [0.1, 0.15) is 112 Å². The van der Waals surface area contributed by atoms with Crippen molar-refractivity contribution in [2.24, 2.45) is 15.2 Å². The lowest BCUT2D eigenvalue weighted by molar-refractivity contribution is 0.113. The molecule has 210 valence electrons. The number of phenolic OH excluding ortho intramolecular Hbond substituents is 1. The Kier molecular flexibility index (Phi) is 11.5. The maximum absolute atomic E-state index is 10.8. The van der Waals surface area contributed by atoms with Gasteiger partial charge >= 0.3 is 0 Å². The van der Waals surface area contributed by atoms with Crippen LogP contribution in [0.25, 0.3) is 5.70 Å². The van der Waals surface area contributed by atoms with Crippen molar-refractivity contribution >= 4 is 23.5 Å². The molecule has 0 spiro atoms. The number of allylic oxidation sites excluding steroid dienone is 2. The molecule has 1 aromatic rings. The maximum atomic E-state index is 10.8. The van der Waals surface area contributed by atoms with Crippen LogP contribution in [0.15, 0.2) is 51.1 Å². The number of hydrogen-bond acceptors (Lipinski definition) is 6. The van der Waals surface area contributed by atoms with Gasteiger partial charge in [0.1, 0.15) is 11.6 Å². The summed E-state index contributed by atoms with van der Waals surface area (Å²) >= 11 is 0. The Hall–Kier alpha value is -2.73. The molecule has 1 fully saturated rings. The summed E-state index contributed by atoms with van der Waals surface area (Å²) in [6.45, 7) is 19.4. The smallest absolute Gasteiger partial charge is 0.131 e. The van der Waals surface area contributed by atoms with E-state index in [-0.39, 0.29) is 16.8 Å². The number of piperidine rings is 1. The summed E-state index contributed by atoms with van der Waals surface area (Å²) in [5.41, 5.74) is 4.44. The van der Waals surface area contributed by atoms with E-state index in [9.17, 15) is 5.11 Å². The van der Waals surface area contributed by atoms with Gasteiger partial charge in [-0.25, -0.2) is 0 Å². The normalized spacial score (nSPS) is 19.6. The second kappa shape index (κ2) is 13.9. The SMILES string of the molecule is CC=N/C(=C\C)c1ccc(C2=NN=C(N(C)C3CC(C)(C)NC(C)(C)C3)CC(CC)=C2)c(O)c1.CCCC. The lowest BCUT2D eigenvalue weighted by Gasteiger charge is -2.49. The predicted molar refractivity (Wildman–Crippen MR) is 166 cm³/mol. The first-order chi connectivity index (χ1) is 17.9. The highest BCUT2D eigenvalue weighted by atomic mass is 16.3. The highest BCUT2D eigenvalue weighted by Gasteiger charge is 2.40. The van der Waals surface area contributed by atoms with Crippen LogP contribution in [-0.4, -0.2) is 51.9 Å². The van der Waals surface area contributed by atoms with Gasteiger partial charge in [0.25, 0.3) is 0 Å². The van der Waals surface area contributed by atoms with Crippen LogP contribution in [-0.2, 0) is 0 Å². The quantitative estimate of drug-likeness (QED) is 0.376. The second-order valence-corrected chi connectivity index (χ2v) is 11.7. The second-order valence-electron chi connectivity index (χ2n) is 11.7. The summed E-state index contributed by atoms with van der Waals surface area (Å²) in [6.07, 6.45) is 12.2. The zero-order valence-electron chi connectivity index (χ0n) is 25.5. The molecule has 2 heterocycles. The van der Waals surface area contributed by atoms with E-state index in [0.717, 1.165) is 42.8 Å². The molecule has 1 saturated heterocycles. The van der Waals surface area contributed by atoms with Crippen molar-refractivity contribution in [3.05, 3.63) is 47.1 Å². The number of rotatable bonds is 6. The van der Waals surface area contributed by atoms with E-state index in [1.54, 1.807) is 12.3 Å². The summed E-state index contributed by atoms with van der Waals surface area (Å²) in [4.78, 5) is 6.71. The third-order valence-electron chi connectivity index (χ3n) is 7.19. The summed E-state index contributed by atoms with van der Waals surface area (Å²) in [6, 6.07) is 6.01. The minimum Gasteiger partial charge on any atom is -0.507 e. The van der Waals surface area contributed by atoms with Gasteiger partial charge in [0.2, 0.25) is 0 Å². The van der Waals surface area contributed by atoms with Crippen molar-refractivity contribution < 1.29 is 5.11 Å². The molecule has 0 radical (unpaired) electrons. The van der Waals surface area contributed by atoms with Crippen LogP contribution in [0.4, 0.5) is 0 Å². The molecule has 0 amide bonds. The monoisotopic (exact) mass is 521 g/mol. The van der Waals surface area contributed by atoms with Crippen molar-refractivity contribution in [1.82, 2.24) is 10.2 Å². The number of amidine groups is 1. The van der Waals surface area contributed by atoms with Gasteiger partial charge in [0.15, 0.2) is 0 Å². The highest BCUT2D eigenvalue weighted by Crippen LogP contribution is 2.33. The molecule has 1 aromatic carbocycles. The van der Waals surface area contributed by atoms with Gasteiger partial charge in [-0.2, -0.15) is 0 Å². The summed E-state index contributed by atoms with van der Waals surface area (Å²) < 4.78 is 0. The molecule has 3 rings (SSSR count). The van der Waals surface area contributed by atoms with E-state index in [0.29, 0.717) is 17.3 Å². The Balaban J connectivity index is 0.00000118. The molecule has 0 aromatic heterocycles. The van der Waals surface area contributed by atoms with Crippen LogP contribution in [0.5, 0.6) is 5.75 Å². The number of nitrogens with zero attached hydrogens (tertiary/aromatic N) is 4. The predicted octanol–water partition coefficient (Wildman–Crippen LogP) is 7.73. The van der Waals surface area contributed by atoms with Crippen LogP contribution >= 0.6 is 0 Å². The zero-order chi connectivity index (χ0) is 28.5. The highest BCUT2D eigenvalue weighted by molar-refractivity contribution is 6.12. The lowest BCUT2D eigenvalue weighted by Crippen LogP contribution is -2.62. The van der Waals surface area contributed by atoms with Crippen LogP contribution in [0, 0.1) is 0 Å². The summed E-state index contributed by atoms with van der Waals surface area (Å²) in [7, 11) is 2.15. The van der Waals surface area contributed by atoms with Gasteiger partial charge in [-0.3, -0.25) is 4.99 Å². The fraction of sp³-hybridized carbons (Fsp3) is 0.594. The van der Waals surface area contributed by atoms with Crippen molar-refractivity contribution in [3.8, 4) is 5.75 Å². The van der Waals surface area contributed by atoms with E-state index in [1.165, 1.54) is 18.4 Å². The molecule has 0 unspecified atom stereocenters. The summed E-state index contributed by atoms with van der Waals surface area (Å²) in [5, 5.41) is 23.9. The van der Waals surface area contributed by atoms with E-state index < -0.39 is 0 Å². The van der Waals surface area contributed by atoms with Crippen LogP contribution in [0.3, 0.4) is 0 Å². The van der Waals surface area contributed by atoms with Gasteiger partial charge in [-0.05, 0) is 79.0 Å². The molecular formula is C32H51N5O. The van der Waals surface area contributed by atoms with E-state index >= 15 is 0 Å². The Morgan fingerprint density at radius 3 is 2.21 bits per heavy atom. The molecular weight excluding hydrogens is 470 g/mol. The van der Waals surface area contributed by atoms with Crippen LogP contribution < -0.4 is 5.32 Å². The van der Waals surface area contributed by atoms with Gasteiger partial charge in [-0.1, -0.05) is 51.3 Å². The Morgan fingerprint density at radius 1 is 1.08 bits per heavy atom. The van der Waals surface area contributed by atoms with Gasteiger partial charge < -0.3 is 15.3 Å². The Bertz CT molecular complexity index is 1070. The van der Waals surface area contributed by atoms with Gasteiger partial charge in [0.05, 0.1) is 11.4 Å². The number of hydrogen-bond donors (Lipinski definition) is 2. The molecule has 38 heavy (non-hydrogen) atoms. The fourth-order valence-corrected chi connectivity index (χ4v) is 5.29. The topological polar surface area (TPSA) is 72.6 Å². The minimum atomic E-state index is 0.0605. The third-order valence-corrected chi connectivity index (χ3v) is 7.19. The molecule has 0 aliphatic carbocycles. The van der Waals surface area contributed by atoms with Crippen molar-refractivity contribution in [2.45, 2.75) is 118 Å². The number of aromatic hydroxyl groups is 1. The average Bonchev–Trinajstić information content (AvgIpc) is 3.08. The maximum Gasteiger partial charge on any atom is 0.131 e.